The van der Waals surface area contributed by atoms with Crippen molar-refractivity contribution in [3.8, 4) is 17.1 Å². The number of benzene rings is 1. The number of hydrogen-bond acceptors (Lipinski definition) is 5. The Bertz CT molecular complexity index is 568. The van der Waals surface area contributed by atoms with Crippen LogP contribution in [0, 0.1) is 0 Å². The zero-order chi connectivity index (χ0) is 14.4. The first kappa shape index (κ1) is 14.4. The molecule has 0 saturated carbocycles. The predicted octanol–water partition coefficient (Wildman–Crippen LogP) is 2.44. The van der Waals surface area contributed by atoms with Gasteiger partial charge in [-0.15, -0.1) is 5.10 Å². The van der Waals surface area contributed by atoms with Gasteiger partial charge in [0.25, 0.3) is 0 Å². The zero-order valence-corrected chi connectivity index (χ0v) is 11.8. The second-order valence-corrected chi connectivity index (χ2v) is 5.10. The van der Waals surface area contributed by atoms with Crippen LogP contribution in [0.5, 0.6) is 5.75 Å². The smallest absolute Gasteiger partial charge is 0.303 e. The van der Waals surface area contributed by atoms with Crippen molar-refractivity contribution in [3.63, 3.8) is 0 Å². The molecular weight excluding hydrogens is 278 g/mol. The average molecular weight is 293 g/mol. The zero-order valence-electron chi connectivity index (χ0n) is 11.0. The van der Waals surface area contributed by atoms with Crippen LogP contribution in [-0.2, 0) is 4.79 Å². The van der Waals surface area contributed by atoms with Gasteiger partial charge in [-0.25, -0.2) is 4.98 Å². The highest BCUT2D eigenvalue weighted by molar-refractivity contribution is 7.99. The van der Waals surface area contributed by atoms with E-state index in [-0.39, 0.29) is 6.42 Å². The maximum atomic E-state index is 10.4. The molecule has 0 atom stereocenters. The molecule has 0 aliphatic rings. The molecule has 1 aromatic heterocycles. The minimum Gasteiger partial charge on any atom is -0.497 e. The number of nitrogens with one attached hydrogen (secondary N) is 1. The van der Waals surface area contributed by atoms with E-state index in [9.17, 15) is 4.79 Å². The van der Waals surface area contributed by atoms with Gasteiger partial charge in [-0.3, -0.25) is 9.89 Å². The number of nitrogens with zero attached hydrogens (tertiary/aromatic N) is 2. The van der Waals surface area contributed by atoms with Crippen molar-refractivity contribution < 1.29 is 14.6 Å². The summed E-state index contributed by atoms with van der Waals surface area (Å²) >= 11 is 1.44. The Balaban J connectivity index is 1.92. The standard InChI is InChI=1S/C13H15N3O3S/c1-19-10-6-4-9(5-7-10)12-14-13(16-15-12)20-8-2-3-11(17)18/h4-7H,2-3,8H2,1H3,(H,17,18)(H,14,15,16). The lowest BCUT2D eigenvalue weighted by Gasteiger charge is -1.99. The fourth-order valence-electron chi connectivity index (χ4n) is 1.58. The van der Waals surface area contributed by atoms with Gasteiger partial charge < -0.3 is 9.84 Å². The van der Waals surface area contributed by atoms with Crippen LogP contribution >= 0.6 is 11.8 Å². The molecule has 0 unspecified atom stereocenters. The van der Waals surface area contributed by atoms with Gasteiger partial charge in [0, 0.05) is 17.7 Å². The largest absolute Gasteiger partial charge is 0.497 e. The molecule has 0 spiro atoms. The molecule has 0 aliphatic carbocycles. The molecule has 7 heteroatoms. The average Bonchev–Trinajstić information content (AvgIpc) is 2.92. The molecule has 0 bridgehead atoms. The van der Waals surface area contributed by atoms with E-state index >= 15 is 0 Å². The van der Waals surface area contributed by atoms with E-state index in [2.05, 4.69) is 15.2 Å². The number of thioether (sulfide) groups is 1. The summed E-state index contributed by atoms with van der Waals surface area (Å²) < 4.78 is 5.10. The molecule has 20 heavy (non-hydrogen) atoms. The molecule has 0 amide bonds. The summed E-state index contributed by atoms with van der Waals surface area (Å²) in [4.78, 5) is 14.8. The van der Waals surface area contributed by atoms with Crippen LogP contribution in [0.3, 0.4) is 0 Å². The molecule has 106 valence electrons. The number of ether oxygens (including phenoxy) is 1. The number of carbonyl (C=O) groups is 1. The van der Waals surface area contributed by atoms with Crippen LogP contribution in [0.1, 0.15) is 12.8 Å². The third-order valence-corrected chi connectivity index (χ3v) is 3.53. The van der Waals surface area contributed by atoms with E-state index in [1.165, 1.54) is 11.8 Å². The van der Waals surface area contributed by atoms with E-state index in [4.69, 9.17) is 9.84 Å². The SMILES string of the molecule is COc1ccc(-c2nc(SCCCC(=O)O)n[nH]2)cc1. The van der Waals surface area contributed by atoms with Gasteiger partial charge in [0.2, 0.25) is 5.16 Å². The lowest BCUT2D eigenvalue weighted by molar-refractivity contribution is -0.137. The molecule has 0 aliphatic heterocycles. The second-order valence-electron chi connectivity index (χ2n) is 4.04. The van der Waals surface area contributed by atoms with Gasteiger partial charge in [0.05, 0.1) is 7.11 Å². The summed E-state index contributed by atoms with van der Waals surface area (Å²) in [5.74, 6) is 1.39. The van der Waals surface area contributed by atoms with Crippen molar-refractivity contribution in [1.29, 1.82) is 0 Å². The number of carboxylic acid groups (broad SMARTS) is 1. The minimum absolute atomic E-state index is 0.169. The van der Waals surface area contributed by atoms with Crippen LogP contribution < -0.4 is 4.74 Å². The number of H-pyrrole nitrogens is 1. The van der Waals surface area contributed by atoms with E-state index < -0.39 is 5.97 Å². The number of hydrogen-bond donors (Lipinski definition) is 2. The number of carboxylic acids is 1. The van der Waals surface area contributed by atoms with Crippen molar-refractivity contribution in [1.82, 2.24) is 15.2 Å². The maximum Gasteiger partial charge on any atom is 0.303 e. The number of methoxy groups -OCH3 is 1. The van der Waals surface area contributed by atoms with Crippen molar-refractivity contribution in [3.05, 3.63) is 24.3 Å². The normalized spacial score (nSPS) is 10.4. The van der Waals surface area contributed by atoms with Gasteiger partial charge in [-0.2, -0.15) is 0 Å². The molecule has 2 N–H and O–H groups in total. The molecule has 0 fully saturated rings. The third-order valence-electron chi connectivity index (χ3n) is 2.59. The Hall–Kier alpha value is -2.02. The maximum absolute atomic E-state index is 10.4. The van der Waals surface area contributed by atoms with E-state index in [0.717, 1.165) is 11.3 Å². The van der Waals surface area contributed by atoms with Gasteiger partial charge in [0.1, 0.15) is 5.75 Å². The summed E-state index contributed by atoms with van der Waals surface area (Å²) in [6.07, 6.45) is 0.773. The Morgan fingerprint density at radius 2 is 2.15 bits per heavy atom. The Morgan fingerprint density at radius 1 is 1.40 bits per heavy atom. The number of aromatic amines is 1. The van der Waals surface area contributed by atoms with Crippen molar-refractivity contribution >= 4 is 17.7 Å². The Morgan fingerprint density at radius 3 is 2.80 bits per heavy atom. The summed E-state index contributed by atoms with van der Waals surface area (Å²) in [6.45, 7) is 0. The first-order valence-electron chi connectivity index (χ1n) is 6.10. The number of aromatic nitrogens is 3. The Labute approximate surface area is 120 Å². The Kier molecular flexibility index (Phi) is 5.00. The lowest BCUT2D eigenvalue weighted by atomic mass is 10.2. The molecule has 0 saturated heterocycles. The molecule has 2 rings (SSSR count). The van der Waals surface area contributed by atoms with Crippen molar-refractivity contribution in [2.75, 3.05) is 12.9 Å². The van der Waals surface area contributed by atoms with E-state index in [1.807, 2.05) is 24.3 Å². The van der Waals surface area contributed by atoms with Crippen LogP contribution in [0.25, 0.3) is 11.4 Å². The molecule has 0 radical (unpaired) electrons. The van der Waals surface area contributed by atoms with E-state index in [0.29, 0.717) is 23.2 Å². The monoisotopic (exact) mass is 293 g/mol. The van der Waals surface area contributed by atoms with Crippen LogP contribution in [0.2, 0.25) is 0 Å². The van der Waals surface area contributed by atoms with Gasteiger partial charge in [0.15, 0.2) is 5.82 Å². The highest BCUT2D eigenvalue weighted by Crippen LogP contribution is 2.22. The summed E-state index contributed by atoms with van der Waals surface area (Å²) in [6, 6.07) is 7.52. The van der Waals surface area contributed by atoms with Crippen LogP contribution in [0.15, 0.2) is 29.4 Å². The molecule has 1 aromatic carbocycles. The quantitative estimate of drug-likeness (QED) is 0.602. The van der Waals surface area contributed by atoms with Gasteiger partial charge in [-0.1, -0.05) is 11.8 Å². The topological polar surface area (TPSA) is 88.1 Å². The van der Waals surface area contributed by atoms with Crippen molar-refractivity contribution in [2.45, 2.75) is 18.0 Å². The van der Waals surface area contributed by atoms with Crippen LogP contribution in [-0.4, -0.2) is 39.1 Å². The lowest BCUT2D eigenvalue weighted by Crippen LogP contribution is -1.94. The summed E-state index contributed by atoms with van der Waals surface area (Å²) in [7, 11) is 1.62. The summed E-state index contributed by atoms with van der Waals surface area (Å²) in [5, 5.41) is 16.1. The third kappa shape index (κ3) is 3.99. The number of rotatable bonds is 7. The van der Waals surface area contributed by atoms with Crippen molar-refractivity contribution in [2.24, 2.45) is 0 Å². The molecule has 1 heterocycles. The van der Waals surface area contributed by atoms with Gasteiger partial charge in [-0.05, 0) is 30.7 Å². The fraction of sp³-hybridized carbons (Fsp3) is 0.308. The number of aliphatic carboxylic acids is 1. The molecular formula is C13H15N3O3S. The highest BCUT2D eigenvalue weighted by Gasteiger charge is 2.06. The molecule has 2 aromatic rings. The summed E-state index contributed by atoms with van der Waals surface area (Å²) in [5.41, 5.74) is 0.927. The first-order valence-corrected chi connectivity index (χ1v) is 7.09. The van der Waals surface area contributed by atoms with E-state index in [1.54, 1.807) is 7.11 Å². The first-order chi connectivity index (χ1) is 9.69. The second kappa shape index (κ2) is 6.95. The van der Waals surface area contributed by atoms with Gasteiger partial charge >= 0.3 is 5.97 Å². The minimum atomic E-state index is -0.778. The predicted molar refractivity (Wildman–Crippen MR) is 76.0 cm³/mol. The van der Waals surface area contributed by atoms with Crippen LogP contribution in [0.4, 0.5) is 0 Å². The fourth-order valence-corrected chi connectivity index (χ4v) is 2.31. The molecule has 6 nitrogen and oxygen atoms in total. The highest BCUT2D eigenvalue weighted by atomic mass is 32.2.